The average molecular weight is 278 g/mol. The number of anilines is 1. The number of hydrogen-bond donors (Lipinski definition) is 2. The second kappa shape index (κ2) is 6.61. The molecule has 1 fully saturated rings. The first kappa shape index (κ1) is 14.7. The second-order valence-corrected chi connectivity index (χ2v) is 5.40. The van der Waals surface area contributed by atoms with Gasteiger partial charge in [0.1, 0.15) is 5.75 Å². The molecule has 0 bridgehead atoms. The highest BCUT2D eigenvalue weighted by Gasteiger charge is 2.25. The molecule has 0 amide bonds. The Morgan fingerprint density at radius 3 is 3.00 bits per heavy atom. The number of piperidine rings is 1. The molecule has 1 aromatic rings. The lowest BCUT2D eigenvalue weighted by atomic mass is 9.90. The third-order valence-corrected chi connectivity index (χ3v) is 3.75. The van der Waals surface area contributed by atoms with Gasteiger partial charge in [-0.25, -0.2) is 0 Å². The number of carboxylic acid groups (broad SMARTS) is 1. The fourth-order valence-corrected chi connectivity index (χ4v) is 2.80. The number of methoxy groups -OCH3 is 1. The number of carbonyl (C=O) groups is 1. The number of ether oxygens (including phenoxy) is 1. The number of rotatable bonds is 5. The fourth-order valence-electron chi connectivity index (χ4n) is 2.80. The third kappa shape index (κ3) is 3.87. The van der Waals surface area contributed by atoms with E-state index < -0.39 is 5.97 Å². The Hall–Kier alpha value is -1.75. The lowest BCUT2D eigenvalue weighted by Crippen LogP contribution is -2.47. The monoisotopic (exact) mass is 278 g/mol. The molecular weight excluding hydrogens is 256 g/mol. The Balaban J connectivity index is 2.04. The van der Waals surface area contributed by atoms with Gasteiger partial charge < -0.3 is 20.5 Å². The zero-order valence-corrected chi connectivity index (χ0v) is 11.8. The van der Waals surface area contributed by atoms with Crippen molar-refractivity contribution in [2.45, 2.75) is 25.3 Å². The van der Waals surface area contributed by atoms with Crippen LogP contribution in [0.1, 0.15) is 19.3 Å². The highest BCUT2D eigenvalue weighted by molar-refractivity contribution is 5.66. The maximum absolute atomic E-state index is 10.7. The summed E-state index contributed by atoms with van der Waals surface area (Å²) in [6, 6.07) is 7.99. The van der Waals surface area contributed by atoms with E-state index in [2.05, 4.69) is 4.90 Å². The molecule has 110 valence electrons. The van der Waals surface area contributed by atoms with Gasteiger partial charge in [0.15, 0.2) is 0 Å². The van der Waals surface area contributed by atoms with Crippen molar-refractivity contribution < 1.29 is 14.6 Å². The van der Waals surface area contributed by atoms with Crippen LogP contribution in [0.25, 0.3) is 0 Å². The van der Waals surface area contributed by atoms with E-state index in [1.165, 1.54) is 0 Å². The SMILES string of the molecule is COc1cccc(N2CC(N)CC(CCC(=O)O)C2)c1. The minimum absolute atomic E-state index is 0.0914. The molecule has 20 heavy (non-hydrogen) atoms. The normalized spacial score (nSPS) is 22.6. The topological polar surface area (TPSA) is 75.8 Å². The molecule has 0 radical (unpaired) electrons. The van der Waals surface area contributed by atoms with Crippen LogP contribution in [0.2, 0.25) is 0 Å². The molecule has 2 rings (SSSR count). The molecule has 1 aliphatic rings. The number of nitrogens with zero attached hydrogens (tertiary/aromatic N) is 1. The number of benzene rings is 1. The van der Waals surface area contributed by atoms with Crippen LogP contribution in [0.3, 0.4) is 0 Å². The van der Waals surface area contributed by atoms with Gasteiger partial charge in [-0.2, -0.15) is 0 Å². The maximum atomic E-state index is 10.7. The van der Waals surface area contributed by atoms with Crippen molar-refractivity contribution >= 4 is 11.7 Å². The van der Waals surface area contributed by atoms with Gasteiger partial charge in [-0.1, -0.05) is 6.07 Å². The Morgan fingerprint density at radius 1 is 1.50 bits per heavy atom. The lowest BCUT2D eigenvalue weighted by Gasteiger charge is -2.37. The molecule has 0 spiro atoms. The summed E-state index contributed by atoms with van der Waals surface area (Å²) in [6.07, 6.45) is 1.79. The van der Waals surface area contributed by atoms with Crippen molar-refractivity contribution in [3.63, 3.8) is 0 Å². The van der Waals surface area contributed by atoms with Crippen LogP contribution < -0.4 is 15.4 Å². The summed E-state index contributed by atoms with van der Waals surface area (Å²) in [5, 5.41) is 8.80. The Morgan fingerprint density at radius 2 is 2.30 bits per heavy atom. The highest BCUT2D eigenvalue weighted by Crippen LogP contribution is 2.27. The van der Waals surface area contributed by atoms with Crippen molar-refractivity contribution in [1.29, 1.82) is 0 Å². The van der Waals surface area contributed by atoms with Gasteiger partial charge in [0.25, 0.3) is 0 Å². The second-order valence-electron chi connectivity index (χ2n) is 5.40. The number of carboxylic acids is 1. The third-order valence-electron chi connectivity index (χ3n) is 3.75. The quantitative estimate of drug-likeness (QED) is 0.857. The smallest absolute Gasteiger partial charge is 0.303 e. The molecule has 0 aliphatic carbocycles. The zero-order chi connectivity index (χ0) is 14.5. The summed E-state index contributed by atoms with van der Waals surface area (Å²) >= 11 is 0. The van der Waals surface area contributed by atoms with E-state index in [0.717, 1.165) is 30.9 Å². The van der Waals surface area contributed by atoms with Gasteiger partial charge in [-0.15, -0.1) is 0 Å². The summed E-state index contributed by atoms with van der Waals surface area (Å²) in [5.74, 6) is 0.418. The zero-order valence-electron chi connectivity index (χ0n) is 11.8. The first-order chi connectivity index (χ1) is 9.58. The van der Waals surface area contributed by atoms with E-state index in [-0.39, 0.29) is 12.5 Å². The Bertz CT molecular complexity index is 464. The van der Waals surface area contributed by atoms with Gasteiger partial charge in [-0.05, 0) is 30.9 Å². The van der Waals surface area contributed by atoms with Gasteiger partial charge in [-0.3, -0.25) is 4.79 Å². The highest BCUT2D eigenvalue weighted by atomic mass is 16.5. The molecule has 3 N–H and O–H groups in total. The fraction of sp³-hybridized carbons (Fsp3) is 0.533. The molecule has 1 aliphatic heterocycles. The molecule has 1 aromatic carbocycles. The van der Waals surface area contributed by atoms with Crippen molar-refractivity contribution in [1.82, 2.24) is 0 Å². The number of aliphatic carboxylic acids is 1. The molecule has 0 aromatic heterocycles. The molecule has 1 saturated heterocycles. The standard InChI is InChI=1S/C15H22N2O3/c1-20-14-4-2-3-13(8-14)17-9-11(5-6-15(18)19)7-12(16)10-17/h2-4,8,11-12H,5-7,9-10,16H2,1H3,(H,18,19). The van der Waals surface area contributed by atoms with Crippen LogP contribution in [0, 0.1) is 5.92 Å². The van der Waals surface area contributed by atoms with E-state index >= 15 is 0 Å². The molecule has 5 heteroatoms. The summed E-state index contributed by atoms with van der Waals surface area (Å²) in [5.41, 5.74) is 7.19. The molecule has 1 heterocycles. The average Bonchev–Trinajstić information content (AvgIpc) is 2.44. The lowest BCUT2D eigenvalue weighted by molar-refractivity contribution is -0.137. The maximum Gasteiger partial charge on any atom is 0.303 e. The van der Waals surface area contributed by atoms with Crippen LogP contribution in [0.4, 0.5) is 5.69 Å². The largest absolute Gasteiger partial charge is 0.497 e. The van der Waals surface area contributed by atoms with Gasteiger partial charge in [0, 0.05) is 37.3 Å². The van der Waals surface area contributed by atoms with Crippen LogP contribution in [0.15, 0.2) is 24.3 Å². The van der Waals surface area contributed by atoms with E-state index in [4.69, 9.17) is 15.6 Å². The molecular formula is C15H22N2O3. The van der Waals surface area contributed by atoms with Crippen LogP contribution in [0.5, 0.6) is 5.75 Å². The number of hydrogen-bond acceptors (Lipinski definition) is 4. The van der Waals surface area contributed by atoms with Crippen LogP contribution in [-0.4, -0.2) is 37.3 Å². The number of nitrogens with two attached hydrogens (primary N) is 1. The summed E-state index contributed by atoms with van der Waals surface area (Å²) in [7, 11) is 1.65. The van der Waals surface area contributed by atoms with E-state index in [9.17, 15) is 4.79 Å². The van der Waals surface area contributed by atoms with Gasteiger partial charge in [0.05, 0.1) is 7.11 Å². The van der Waals surface area contributed by atoms with E-state index in [1.54, 1.807) is 7.11 Å². The first-order valence-electron chi connectivity index (χ1n) is 6.95. The minimum Gasteiger partial charge on any atom is -0.497 e. The first-order valence-corrected chi connectivity index (χ1v) is 6.95. The van der Waals surface area contributed by atoms with Crippen LogP contribution >= 0.6 is 0 Å². The van der Waals surface area contributed by atoms with E-state index in [1.807, 2.05) is 24.3 Å². The molecule has 2 atom stereocenters. The minimum atomic E-state index is -0.739. The van der Waals surface area contributed by atoms with Crippen molar-refractivity contribution in [2.24, 2.45) is 11.7 Å². The van der Waals surface area contributed by atoms with Gasteiger partial charge >= 0.3 is 5.97 Å². The Labute approximate surface area is 119 Å². The molecule has 2 unspecified atom stereocenters. The molecule has 0 saturated carbocycles. The van der Waals surface area contributed by atoms with Crippen molar-refractivity contribution in [3.05, 3.63) is 24.3 Å². The van der Waals surface area contributed by atoms with Crippen LogP contribution in [-0.2, 0) is 4.79 Å². The van der Waals surface area contributed by atoms with Crippen molar-refractivity contribution in [3.8, 4) is 5.75 Å². The summed E-state index contributed by atoms with van der Waals surface area (Å²) in [6.45, 7) is 1.66. The summed E-state index contributed by atoms with van der Waals surface area (Å²) in [4.78, 5) is 12.9. The molecule has 5 nitrogen and oxygen atoms in total. The Kier molecular flexibility index (Phi) is 4.84. The predicted molar refractivity (Wildman–Crippen MR) is 78.2 cm³/mol. The predicted octanol–water partition coefficient (Wildman–Crippen LogP) is 1.71. The van der Waals surface area contributed by atoms with Crippen molar-refractivity contribution in [2.75, 3.05) is 25.1 Å². The van der Waals surface area contributed by atoms with E-state index in [0.29, 0.717) is 12.3 Å². The van der Waals surface area contributed by atoms with Gasteiger partial charge in [0.2, 0.25) is 0 Å². The summed E-state index contributed by atoms with van der Waals surface area (Å²) < 4.78 is 5.24.